The maximum atomic E-state index is 12.8. The van der Waals surface area contributed by atoms with Crippen molar-refractivity contribution in [3.8, 4) is 0 Å². The Morgan fingerprint density at radius 3 is 2.54 bits per heavy atom. The van der Waals surface area contributed by atoms with Gasteiger partial charge in [0.1, 0.15) is 5.76 Å². The smallest absolute Gasteiger partial charge is 0.308 e. The molecule has 1 saturated heterocycles. The highest BCUT2D eigenvalue weighted by atomic mass is 16.5. The molecule has 138 valence electrons. The van der Waals surface area contributed by atoms with Gasteiger partial charge in [-0.2, -0.15) is 0 Å². The van der Waals surface area contributed by atoms with Gasteiger partial charge in [0.05, 0.1) is 11.6 Å². The number of amides is 1. The van der Waals surface area contributed by atoms with E-state index in [-0.39, 0.29) is 24.3 Å². The SMILES string of the molecule is Cc1noc(C)c1C(C)CC(=O)N1C[C@H](C(=O)O)[C@H](c2ccccc2)C1. The van der Waals surface area contributed by atoms with Crippen molar-refractivity contribution in [3.63, 3.8) is 0 Å². The quantitative estimate of drug-likeness (QED) is 0.890. The molecule has 0 spiro atoms. The first kappa shape index (κ1) is 18.2. The van der Waals surface area contributed by atoms with Crippen LogP contribution in [0.1, 0.15) is 47.8 Å². The van der Waals surface area contributed by atoms with E-state index in [9.17, 15) is 14.7 Å². The van der Waals surface area contributed by atoms with Crippen LogP contribution in [0.25, 0.3) is 0 Å². The molecule has 1 aromatic carbocycles. The first-order valence-electron chi connectivity index (χ1n) is 8.86. The summed E-state index contributed by atoms with van der Waals surface area (Å²) < 4.78 is 5.19. The standard InChI is InChI=1S/C20H24N2O4/c1-12(19-13(2)21-26-14(19)3)9-18(23)22-10-16(17(11-22)20(24)25)15-7-5-4-6-8-15/h4-8,12,16-17H,9-11H2,1-3H3,(H,24,25)/t12?,16-,17-/m0/s1. The molecular weight excluding hydrogens is 332 g/mol. The largest absolute Gasteiger partial charge is 0.481 e. The van der Waals surface area contributed by atoms with E-state index in [2.05, 4.69) is 5.16 Å². The fourth-order valence-corrected chi connectivity index (χ4v) is 3.98. The second-order valence-corrected chi connectivity index (χ2v) is 7.10. The molecular formula is C20H24N2O4. The number of hydrogen-bond donors (Lipinski definition) is 1. The Morgan fingerprint density at radius 2 is 1.96 bits per heavy atom. The number of aliphatic carboxylic acids is 1. The molecule has 0 bridgehead atoms. The lowest BCUT2D eigenvalue weighted by atomic mass is 9.89. The van der Waals surface area contributed by atoms with Gasteiger partial charge in [0.25, 0.3) is 0 Å². The summed E-state index contributed by atoms with van der Waals surface area (Å²) in [5, 5.41) is 13.5. The van der Waals surface area contributed by atoms with Crippen molar-refractivity contribution < 1.29 is 19.2 Å². The second-order valence-electron chi connectivity index (χ2n) is 7.10. The summed E-state index contributed by atoms with van der Waals surface area (Å²) in [4.78, 5) is 26.2. The zero-order chi connectivity index (χ0) is 18.8. The van der Waals surface area contributed by atoms with Crippen molar-refractivity contribution >= 4 is 11.9 Å². The number of carboxylic acids is 1. The number of carboxylic acid groups (broad SMARTS) is 1. The monoisotopic (exact) mass is 356 g/mol. The van der Waals surface area contributed by atoms with Crippen molar-refractivity contribution in [1.82, 2.24) is 10.1 Å². The predicted molar refractivity (Wildman–Crippen MR) is 95.9 cm³/mol. The summed E-state index contributed by atoms with van der Waals surface area (Å²) in [6.07, 6.45) is 0.316. The van der Waals surface area contributed by atoms with Gasteiger partial charge in [0.2, 0.25) is 5.91 Å². The fraction of sp³-hybridized carbons (Fsp3) is 0.450. The highest BCUT2D eigenvalue weighted by Crippen LogP contribution is 2.34. The van der Waals surface area contributed by atoms with Crippen LogP contribution in [0.5, 0.6) is 0 Å². The van der Waals surface area contributed by atoms with E-state index in [0.717, 1.165) is 22.6 Å². The Balaban J connectivity index is 1.73. The molecule has 2 aromatic rings. The molecule has 6 nitrogen and oxygen atoms in total. The Labute approximate surface area is 152 Å². The van der Waals surface area contributed by atoms with Crippen LogP contribution in [0.4, 0.5) is 0 Å². The third kappa shape index (κ3) is 3.49. The van der Waals surface area contributed by atoms with E-state index in [0.29, 0.717) is 13.0 Å². The van der Waals surface area contributed by atoms with Crippen molar-refractivity contribution in [2.24, 2.45) is 5.92 Å². The molecule has 3 atom stereocenters. The first-order chi connectivity index (χ1) is 12.4. The second kappa shape index (κ2) is 7.32. The number of nitrogens with zero attached hydrogens (tertiary/aromatic N) is 2. The Morgan fingerprint density at radius 1 is 1.27 bits per heavy atom. The number of likely N-dealkylation sites (tertiary alicyclic amines) is 1. The van der Waals surface area contributed by atoms with Crippen molar-refractivity contribution in [3.05, 3.63) is 52.9 Å². The van der Waals surface area contributed by atoms with Gasteiger partial charge in [0, 0.05) is 31.0 Å². The van der Waals surface area contributed by atoms with E-state index < -0.39 is 11.9 Å². The molecule has 0 saturated carbocycles. The van der Waals surface area contributed by atoms with Crippen LogP contribution < -0.4 is 0 Å². The van der Waals surface area contributed by atoms with Gasteiger partial charge in [-0.25, -0.2) is 0 Å². The lowest BCUT2D eigenvalue weighted by molar-refractivity contribution is -0.141. The average molecular weight is 356 g/mol. The summed E-state index contributed by atoms with van der Waals surface area (Å²) >= 11 is 0. The lowest BCUT2D eigenvalue weighted by Crippen LogP contribution is -2.30. The van der Waals surface area contributed by atoms with Crippen LogP contribution in [0.3, 0.4) is 0 Å². The third-order valence-corrected chi connectivity index (χ3v) is 5.28. The first-order valence-corrected chi connectivity index (χ1v) is 8.86. The minimum atomic E-state index is -0.854. The number of carbonyl (C=O) groups excluding carboxylic acids is 1. The zero-order valence-corrected chi connectivity index (χ0v) is 15.3. The van der Waals surface area contributed by atoms with Crippen LogP contribution in [-0.2, 0) is 9.59 Å². The van der Waals surface area contributed by atoms with Gasteiger partial charge in [-0.05, 0) is 25.3 Å². The fourth-order valence-electron chi connectivity index (χ4n) is 3.98. The number of rotatable bonds is 5. The van der Waals surface area contributed by atoms with Crippen LogP contribution in [0.2, 0.25) is 0 Å². The molecule has 2 heterocycles. The topological polar surface area (TPSA) is 83.6 Å². The normalized spacial score (nSPS) is 21.0. The molecule has 26 heavy (non-hydrogen) atoms. The summed E-state index contributed by atoms with van der Waals surface area (Å²) in [7, 11) is 0. The molecule has 1 amide bonds. The summed E-state index contributed by atoms with van der Waals surface area (Å²) in [5.74, 6) is -0.916. The number of hydrogen-bond acceptors (Lipinski definition) is 4. The number of carbonyl (C=O) groups is 2. The highest BCUT2D eigenvalue weighted by molar-refractivity contribution is 5.80. The van der Waals surface area contributed by atoms with Crippen LogP contribution in [0.15, 0.2) is 34.9 Å². The molecule has 1 N–H and O–H groups in total. The van der Waals surface area contributed by atoms with E-state index in [1.165, 1.54) is 0 Å². The molecule has 0 radical (unpaired) electrons. The van der Waals surface area contributed by atoms with Gasteiger partial charge in [0.15, 0.2) is 0 Å². The van der Waals surface area contributed by atoms with Crippen molar-refractivity contribution in [1.29, 1.82) is 0 Å². The predicted octanol–water partition coefficient (Wildman–Crippen LogP) is 3.11. The van der Waals surface area contributed by atoms with Crippen molar-refractivity contribution in [2.75, 3.05) is 13.1 Å². The molecule has 6 heteroatoms. The third-order valence-electron chi connectivity index (χ3n) is 5.28. The summed E-state index contributed by atoms with van der Waals surface area (Å²) in [6.45, 7) is 6.38. The summed E-state index contributed by atoms with van der Waals surface area (Å²) in [5.41, 5.74) is 2.73. The Hall–Kier alpha value is -2.63. The molecule has 1 aliphatic heterocycles. The average Bonchev–Trinajstić information content (AvgIpc) is 3.19. The molecule has 1 unspecified atom stereocenters. The van der Waals surface area contributed by atoms with Crippen LogP contribution in [-0.4, -0.2) is 40.1 Å². The van der Waals surface area contributed by atoms with E-state index in [1.807, 2.05) is 51.1 Å². The molecule has 1 fully saturated rings. The van der Waals surface area contributed by atoms with Crippen LogP contribution in [0, 0.1) is 19.8 Å². The van der Waals surface area contributed by atoms with E-state index in [4.69, 9.17) is 4.52 Å². The molecule has 0 aliphatic carbocycles. The summed E-state index contributed by atoms with van der Waals surface area (Å²) in [6, 6.07) is 9.57. The van der Waals surface area contributed by atoms with E-state index >= 15 is 0 Å². The van der Waals surface area contributed by atoms with Gasteiger partial charge in [-0.15, -0.1) is 0 Å². The minimum Gasteiger partial charge on any atom is -0.481 e. The zero-order valence-electron chi connectivity index (χ0n) is 15.3. The number of benzene rings is 1. The maximum absolute atomic E-state index is 12.8. The van der Waals surface area contributed by atoms with Gasteiger partial charge >= 0.3 is 5.97 Å². The van der Waals surface area contributed by atoms with Gasteiger partial charge in [-0.3, -0.25) is 9.59 Å². The van der Waals surface area contributed by atoms with E-state index in [1.54, 1.807) is 4.90 Å². The molecule has 1 aliphatic rings. The molecule has 1 aromatic heterocycles. The minimum absolute atomic E-state index is 0.0206. The van der Waals surface area contributed by atoms with Gasteiger partial charge < -0.3 is 14.5 Å². The lowest BCUT2D eigenvalue weighted by Gasteiger charge is -2.19. The van der Waals surface area contributed by atoms with Crippen LogP contribution >= 0.6 is 0 Å². The number of aromatic nitrogens is 1. The van der Waals surface area contributed by atoms with Crippen molar-refractivity contribution in [2.45, 2.75) is 39.0 Å². The Kier molecular flexibility index (Phi) is 5.11. The number of aryl methyl sites for hydroxylation is 2. The highest BCUT2D eigenvalue weighted by Gasteiger charge is 2.40. The van der Waals surface area contributed by atoms with Gasteiger partial charge in [-0.1, -0.05) is 42.4 Å². The Bertz CT molecular complexity index is 780. The molecule has 3 rings (SSSR count). The maximum Gasteiger partial charge on any atom is 0.308 e.